The second kappa shape index (κ2) is 21.6. The number of rotatable bonds is 22. The highest BCUT2D eigenvalue weighted by Gasteiger charge is 2.03. The van der Waals surface area contributed by atoms with Gasteiger partial charge in [0, 0.05) is 6.54 Å². The summed E-state index contributed by atoms with van der Waals surface area (Å²) in [4.78, 5) is 11.6. The highest BCUT2D eigenvalue weighted by atomic mass is 16.6. The number of hydrogen-bond acceptors (Lipinski definition) is 9. The van der Waals surface area contributed by atoms with Crippen LogP contribution in [-0.4, -0.2) is 91.8 Å². The summed E-state index contributed by atoms with van der Waals surface area (Å²) in [5.41, 5.74) is 6.27. The van der Waals surface area contributed by atoms with E-state index in [1.807, 2.05) is 30.3 Å². The Morgan fingerprint density at radius 1 is 0.613 bits per heavy atom. The lowest BCUT2D eigenvalue weighted by Crippen LogP contribution is -2.15. The molecule has 0 aliphatic carbocycles. The van der Waals surface area contributed by atoms with Gasteiger partial charge in [0.25, 0.3) is 0 Å². The lowest BCUT2D eigenvalue weighted by atomic mass is 10.2. The van der Waals surface area contributed by atoms with E-state index in [4.69, 9.17) is 38.9 Å². The predicted molar refractivity (Wildman–Crippen MR) is 115 cm³/mol. The zero-order valence-corrected chi connectivity index (χ0v) is 18.3. The monoisotopic (exact) mass is 443 g/mol. The second-order valence-corrected chi connectivity index (χ2v) is 6.36. The Bertz CT molecular complexity index is 517. The Morgan fingerprint density at radius 2 is 1.03 bits per heavy atom. The maximum absolute atomic E-state index is 11.6. The molecule has 0 radical (unpaired) electrons. The summed E-state index contributed by atoms with van der Waals surface area (Å²) in [6.07, 6.45) is 0.225. The van der Waals surface area contributed by atoms with E-state index in [2.05, 4.69) is 0 Å². The number of nitrogens with two attached hydrogens (primary N) is 1. The van der Waals surface area contributed by atoms with Crippen LogP contribution in [0.1, 0.15) is 12.0 Å². The summed E-state index contributed by atoms with van der Waals surface area (Å²) in [5, 5.41) is 0. The standard InChI is InChI=1S/C22H37NO8/c23-7-9-26-11-13-28-15-17-30-19-18-29-16-14-27-12-10-25-8-6-22(24)31-20-21-4-2-1-3-5-21/h1-5H,6-20,23H2. The molecule has 0 aliphatic heterocycles. The molecule has 9 nitrogen and oxygen atoms in total. The van der Waals surface area contributed by atoms with Gasteiger partial charge in [-0.1, -0.05) is 30.3 Å². The quantitative estimate of drug-likeness (QED) is 0.209. The Labute approximate surface area is 185 Å². The second-order valence-electron chi connectivity index (χ2n) is 6.36. The molecule has 0 aliphatic rings. The maximum Gasteiger partial charge on any atom is 0.308 e. The van der Waals surface area contributed by atoms with Crippen molar-refractivity contribution in [3.8, 4) is 0 Å². The molecule has 1 rings (SSSR count). The topological polar surface area (TPSA) is 108 Å². The van der Waals surface area contributed by atoms with Gasteiger partial charge in [0.05, 0.1) is 85.7 Å². The summed E-state index contributed by atoms with van der Waals surface area (Å²) in [7, 11) is 0. The Kier molecular flexibility index (Phi) is 19.2. The Hall–Kier alpha value is -1.59. The SMILES string of the molecule is NCCOCCOCCOCCOCCOCCOCCC(=O)OCc1ccccc1. The van der Waals surface area contributed by atoms with Gasteiger partial charge in [-0.3, -0.25) is 4.79 Å². The molecule has 0 saturated heterocycles. The van der Waals surface area contributed by atoms with Crippen LogP contribution in [0.5, 0.6) is 0 Å². The lowest BCUT2D eigenvalue weighted by Gasteiger charge is -2.08. The van der Waals surface area contributed by atoms with Crippen molar-refractivity contribution in [3.05, 3.63) is 35.9 Å². The molecular formula is C22H37NO8. The zero-order valence-electron chi connectivity index (χ0n) is 18.3. The maximum atomic E-state index is 11.6. The van der Waals surface area contributed by atoms with Crippen molar-refractivity contribution in [1.82, 2.24) is 0 Å². The van der Waals surface area contributed by atoms with Gasteiger partial charge in [-0.25, -0.2) is 0 Å². The fourth-order valence-corrected chi connectivity index (χ4v) is 2.25. The van der Waals surface area contributed by atoms with Gasteiger partial charge in [-0.2, -0.15) is 0 Å². The van der Waals surface area contributed by atoms with E-state index >= 15 is 0 Å². The smallest absolute Gasteiger partial charge is 0.308 e. The van der Waals surface area contributed by atoms with Gasteiger partial charge in [-0.15, -0.1) is 0 Å². The van der Waals surface area contributed by atoms with Crippen LogP contribution in [0.4, 0.5) is 0 Å². The molecule has 0 bridgehead atoms. The number of carbonyl (C=O) groups is 1. The number of benzene rings is 1. The summed E-state index contributed by atoms with van der Waals surface area (Å²) in [5.74, 6) is -0.275. The van der Waals surface area contributed by atoms with Gasteiger partial charge in [-0.05, 0) is 5.56 Å². The summed E-state index contributed by atoms with van der Waals surface area (Å²) in [6, 6.07) is 9.57. The molecule has 0 unspecified atom stereocenters. The molecule has 1 aromatic rings. The van der Waals surface area contributed by atoms with Gasteiger partial charge in [0.15, 0.2) is 0 Å². The van der Waals surface area contributed by atoms with E-state index in [9.17, 15) is 4.79 Å². The summed E-state index contributed by atoms with van der Waals surface area (Å²) < 4.78 is 37.2. The minimum absolute atomic E-state index is 0.225. The Balaban J connectivity index is 1.72. The van der Waals surface area contributed by atoms with E-state index < -0.39 is 0 Å². The van der Waals surface area contributed by atoms with Crippen molar-refractivity contribution in [2.75, 3.05) is 85.8 Å². The molecule has 178 valence electrons. The van der Waals surface area contributed by atoms with Crippen LogP contribution >= 0.6 is 0 Å². The zero-order chi connectivity index (χ0) is 22.2. The van der Waals surface area contributed by atoms with E-state index in [0.29, 0.717) is 85.8 Å². The molecule has 0 spiro atoms. The van der Waals surface area contributed by atoms with Crippen molar-refractivity contribution in [3.63, 3.8) is 0 Å². The van der Waals surface area contributed by atoms with E-state index in [0.717, 1.165) is 5.56 Å². The van der Waals surface area contributed by atoms with E-state index in [-0.39, 0.29) is 19.0 Å². The van der Waals surface area contributed by atoms with E-state index in [1.165, 1.54) is 0 Å². The first-order valence-electron chi connectivity index (χ1n) is 10.7. The van der Waals surface area contributed by atoms with Crippen LogP contribution in [0.3, 0.4) is 0 Å². The molecule has 0 atom stereocenters. The predicted octanol–water partition coefficient (Wildman–Crippen LogP) is 1.18. The van der Waals surface area contributed by atoms with E-state index in [1.54, 1.807) is 0 Å². The first kappa shape index (κ1) is 27.4. The Morgan fingerprint density at radius 3 is 1.48 bits per heavy atom. The van der Waals surface area contributed by atoms with Crippen LogP contribution < -0.4 is 5.73 Å². The lowest BCUT2D eigenvalue weighted by molar-refractivity contribution is -0.146. The van der Waals surface area contributed by atoms with Crippen LogP contribution in [-0.2, 0) is 44.6 Å². The minimum atomic E-state index is -0.275. The first-order chi connectivity index (χ1) is 15.3. The van der Waals surface area contributed by atoms with Crippen molar-refractivity contribution in [1.29, 1.82) is 0 Å². The van der Waals surface area contributed by atoms with Crippen molar-refractivity contribution in [2.45, 2.75) is 13.0 Å². The number of carbonyl (C=O) groups excluding carboxylic acids is 1. The van der Waals surface area contributed by atoms with Crippen LogP contribution in [0, 0.1) is 0 Å². The fourth-order valence-electron chi connectivity index (χ4n) is 2.25. The van der Waals surface area contributed by atoms with Gasteiger partial charge < -0.3 is 38.9 Å². The third kappa shape index (κ3) is 18.9. The fraction of sp³-hybridized carbons (Fsp3) is 0.682. The number of esters is 1. The van der Waals surface area contributed by atoms with Gasteiger partial charge in [0.2, 0.25) is 0 Å². The molecular weight excluding hydrogens is 406 g/mol. The molecule has 2 N–H and O–H groups in total. The summed E-state index contributed by atoms with van der Waals surface area (Å²) in [6.45, 7) is 6.68. The van der Waals surface area contributed by atoms with Gasteiger partial charge in [0.1, 0.15) is 6.61 Å². The normalized spacial score (nSPS) is 11.0. The molecule has 9 heteroatoms. The highest BCUT2D eigenvalue weighted by molar-refractivity contribution is 5.69. The molecule has 0 aromatic heterocycles. The molecule has 0 fully saturated rings. The van der Waals surface area contributed by atoms with Crippen LogP contribution in [0.25, 0.3) is 0 Å². The van der Waals surface area contributed by atoms with Gasteiger partial charge >= 0.3 is 5.97 Å². The average molecular weight is 444 g/mol. The van der Waals surface area contributed by atoms with Crippen LogP contribution in [0.15, 0.2) is 30.3 Å². The largest absolute Gasteiger partial charge is 0.461 e. The molecule has 1 aromatic carbocycles. The van der Waals surface area contributed by atoms with Crippen LogP contribution in [0.2, 0.25) is 0 Å². The number of ether oxygens (including phenoxy) is 7. The van der Waals surface area contributed by atoms with Crippen molar-refractivity contribution >= 4 is 5.97 Å². The number of hydrogen-bond donors (Lipinski definition) is 1. The molecule has 0 saturated carbocycles. The third-order valence-electron chi connectivity index (χ3n) is 3.82. The molecule has 0 amide bonds. The summed E-state index contributed by atoms with van der Waals surface area (Å²) >= 11 is 0. The minimum Gasteiger partial charge on any atom is -0.461 e. The highest BCUT2D eigenvalue weighted by Crippen LogP contribution is 2.01. The molecule has 0 heterocycles. The first-order valence-corrected chi connectivity index (χ1v) is 10.7. The third-order valence-corrected chi connectivity index (χ3v) is 3.82. The van der Waals surface area contributed by atoms with Crippen molar-refractivity contribution < 1.29 is 38.0 Å². The molecule has 31 heavy (non-hydrogen) atoms. The average Bonchev–Trinajstić information content (AvgIpc) is 2.80. The van der Waals surface area contributed by atoms with Crippen molar-refractivity contribution in [2.24, 2.45) is 5.73 Å².